The van der Waals surface area contributed by atoms with Crippen LogP contribution in [-0.2, 0) is 20.6 Å². The fraction of sp³-hybridized carbons (Fsp3) is 0.107. The number of hydrogen-bond donors (Lipinski definition) is 1. The third-order valence-corrected chi connectivity index (χ3v) is 8.30. The second-order valence-corrected chi connectivity index (χ2v) is 10.9. The van der Waals surface area contributed by atoms with Crippen LogP contribution < -0.4 is 14.4 Å². The summed E-state index contributed by atoms with van der Waals surface area (Å²) in [5.41, 5.74) is 1.36. The van der Waals surface area contributed by atoms with Crippen molar-refractivity contribution in [2.75, 3.05) is 23.3 Å². The maximum atomic E-state index is 14.7. The lowest BCUT2D eigenvalue weighted by Crippen LogP contribution is -2.38. The van der Waals surface area contributed by atoms with Crippen molar-refractivity contribution in [1.29, 1.82) is 0 Å². The summed E-state index contributed by atoms with van der Waals surface area (Å²) in [4.78, 5) is 14.0. The first-order chi connectivity index (χ1) is 17.9. The van der Waals surface area contributed by atoms with Gasteiger partial charge < -0.3 is 10.1 Å². The number of amides is 1. The highest BCUT2D eigenvalue weighted by atomic mass is 32.2. The van der Waals surface area contributed by atoms with E-state index in [-0.39, 0.29) is 10.6 Å². The lowest BCUT2D eigenvalue weighted by molar-refractivity contribution is -0.114. The van der Waals surface area contributed by atoms with E-state index in [0.29, 0.717) is 11.4 Å². The van der Waals surface area contributed by atoms with Crippen LogP contribution in [0.3, 0.4) is 0 Å². The Morgan fingerprint density at radius 2 is 1.54 bits per heavy atom. The van der Waals surface area contributed by atoms with Crippen LogP contribution in [-0.4, -0.2) is 28.0 Å². The third kappa shape index (κ3) is 6.69. The predicted molar refractivity (Wildman–Crippen MR) is 145 cm³/mol. The normalized spacial score (nSPS) is 11.1. The van der Waals surface area contributed by atoms with Crippen molar-refractivity contribution in [2.24, 2.45) is 0 Å². The van der Waals surface area contributed by atoms with Gasteiger partial charge >= 0.3 is 0 Å². The number of carbonyl (C=O) groups is 1. The highest BCUT2D eigenvalue weighted by Crippen LogP contribution is 2.28. The highest BCUT2D eigenvalue weighted by molar-refractivity contribution is 7.98. The molecule has 190 valence electrons. The molecule has 9 heteroatoms. The summed E-state index contributed by atoms with van der Waals surface area (Å²) in [6, 6.07) is 28.5. The summed E-state index contributed by atoms with van der Waals surface area (Å²) in [5.74, 6) is -0.126. The van der Waals surface area contributed by atoms with Crippen LogP contribution in [0.15, 0.2) is 113 Å². The largest absolute Gasteiger partial charge is 0.497 e. The molecule has 4 aromatic rings. The minimum absolute atomic E-state index is 0.0929. The van der Waals surface area contributed by atoms with E-state index in [9.17, 15) is 17.6 Å². The molecule has 0 aliphatic heterocycles. The number of anilines is 2. The average Bonchev–Trinajstić information content (AvgIpc) is 2.92. The number of sulfonamides is 1. The Morgan fingerprint density at radius 3 is 2.19 bits per heavy atom. The second-order valence-electron chi connectivity index (χ2n) is 7.99. The fourth-order valence-corrected chi connectivity index (χ4v) is 5.83. The number of methoxy groups -OCH3 is 1. The first kappa shape index (κ1) is 26.2. The molecule has 0 aliphatic rings. The number of nitrogens with one attached hydrogen (secondary N) is 1. The summed E-state index contributed by atoms with van der Waals surface area (Å²) in [5, 5.41) is 2.71. The standard InChI is InChI=1S/C28H25FN2O4S2/c1-35-23-15-17-25(18-16-23)37(33,34)31(27-10-6-5-9-26(27)29)19-28(32)30-22-13-11-21(12-14-22)20-36-24-7-3-2-4-8-24/h2-18H,19-20H2,1H3,(H,30,32). The van der Waals surface area contributed by atoms with E-state index in [1.807, 2.05) is 42.5 Å². The van der Waals surface area contributed by atoms with Gasteiger partial charge in [0.05, 0.1) is 17.7 Å². The monoisotopic (exact) mass is 536 g/mol. The molecule has 0 unspecified atom stereocenters. The highest BCUT2D eigenvalue weighted by Gasteiger charge is 2.29. The minimum Gasteiger partial charge on any atom is -0.497 e. The van der Waals surface area contributed by atoms with E-state index in [0.717, 1.165) is 26.6 Å². The Morgan fingerprint density at radius 1 is 0.892 bits per heavy atom. The van der Waals surface area contributed by atoms with E-state index in [4.69, 9.17) is 4.74 Å². The molecule has 0 saturated heterocycles. The van der Waals surface area contributed by atoms with Crippen molar-refractivity contribution < 1.29 is 22.3 Å². The van der Waals surface area contributed by atoms with Gasteiger partial charge in [-0.1, -0.05) is 42.5 Å². The van der Waals surface area contributed by atoms with Crippen molar-refractivity contribution in [2.45, 2.75) is 15.5 Å². The van der Waals surface area contributed by atoms with Crippen molar-refractivity contribution in [3.63, 3.8) is 0 Å². The summed E-state index contributed by atoms with van der Waals surface area (Å²) in [7, 11) is -2.79. The molecule has 6 nitrogen and oxygen atoms in total. The summed E-state index contributed by atoms with van der Waals surface area (Å²) < 4.78 is 47.4. The van der Waals surface area contributed by atoms with Crippen LogP contribution in [0.5, 0.6) is 5.75 Å². The molecule has 0 bridgehead atoms. The minimum atomic E-state index is -4.26. The van der Waals surface area contributed by atoms with Crippen LogP contribution in [0, 0.1) is 5.82 Å². The number of para-hydroxylation sites is 1. The molecule has 4 aromatic carbocycles. The van der Waals surface area contributed by atoms with Crippen LogP contribution >= 0.6 is 11.8 Å². The molecular formula is C28H25FN2O4S2. The number of hydrogen-bond acceptors (Lipinski definition) is 5. The van der Waals surface area contributed by atoms with Crippen molar-refractivity contribution in [3.8, 4) is 5.75 Å². The van der Waals surface area contributed by atoms with Crippen LogP contribution in [0.4, 0.5) is 15.8 Å². The Kier molecular flexibility index (Phi) is 8.47. The Balaban J connectivity index is 1.49. The lowest BCUT2D eigenvalue weighted by atomic mass is 10.2. The van der Waals surface area contributed by atoms with Gasteiger partial charge in [-0.15, -0.1) is 11.8 Å². The van der Waals surface area contributed by atoms with Gasteiger partial charge in [0.25, 0.3) is 10.0 Å². The molecule has 4 rings (SSSR count). The van der Waals surface area contributed by atoms with Gasteiger partial charge in [-0.25, -0.2) is 12.8 Å². The summed E-state index contributed by atoms with van der Waals surface area (Å²) >= 11 is 1.70. The van der Waals surface area contributed by atoms with Crippen molar-refractivity contribution in [1.82, 2.24) is 0 Å². The van der Waals surface area contributed by atoms with Crippen LogP contribution in [0.2, 0.25) is 0 Å². The predicted octanol–water partition coefficient (Wildman–Crippen LogP) is 5.96. The number of benzene rings is 4. The van der Waals surface area contributed by atoms with Gasteiger partial charge in [0, 0.05) is 16.3 Å². The zero-order valence-electron chi connectivity index (χ0n) is 20.0. The second kappa shape index (κ2) is 11.9. The molecule has 0 fully saturated rings. The zero-order chi connectivity index (χ0) is 26.3. The van der Waals surface area contributed by atoms with E-state index >= 15 is 0 Å². The molecule has 0 atom stereocenters. The fourth-order valence-electron chi connectivity index (χ4n) is 3.53. The van der Waals surface area contributed by atoms with Gasteiger partial charge in [0.15, 0.2) is 0 Å². The number of rotatable bonds is 10. The first-order valence-electron chi connectivity index (χ1n) is 11.3. The molecule has 1 N–H and O–H groups in total. The molecule has 0 heterocycles. The van der Waals surface area contributed by atoms with Gasteiger partial charge in [0.2, 0.25) is 5.91 Å². The van der Waals surface area contributed by atoms with Crippen molar-refractivity contribution in [3.05, 3.63) is 115 Å². The Hall–Kier alpha value is -3.82. The van der Waals surface area contributed by atoms with E-state index < -0.39 is 28.3 Å². The molecule has 0 radical (unpaired) electrons. The Labute approximate surface area is 220 Å². The average molecular weight is 537 g/mol. The molecule has 0 aromatic heterocycles. The summed E-state index contributed by atoms with van der Waals surface area (Å²) in [6.45, 7) is -0.610. The smallest absolute Gasteiger partial charge is 0.264 e. The number of thioether (sulfide) groups is 1. The van der Waals surface area contributed by atoms with Crippen molar-refractivity contribution >= 4 is 39.1 Å². The number of carbonyl (C=O) groups excluding carboxylic acids is 1. The molecule has 37 heavy (non-hydrogen) atoms. The van der Waals surface area contributed by atoms with Gasteiger partial charge in [0.1, 0.15) is 18.1 Å². The zero-order valence-corrected chi connectivity index (χ0v) is 21.6. The topological polar surface area (TPSA) is 75.7 Å². The third-order valence-electron chi connectivity index (χ3n) is 5.44. The maximum Gasteiger partial charge on any atom is 0.264 e. The maximum absolute atomic E-state index is 14.7. The quantitative estimate of drug-likeness (QED) is 0.253. The molecule has 0 saturated carbocycles. The van der Waals surface area contributed by atoms with Gasteiger partial charge in [-0.2, -0.15) is 0 Å². The van der Waals surface area contributed by atoms with Crippen LogP contribution in [0.25, 0.3) is 0 Å². The van der Waals surface area contributed by atoms with E-state index in [1.54, 1.807) is 23.9 Å². The number of nitrogens with zero attached hydrogens (tertiary/aromatic N) is 1. The molecule has 0 spiro atoms. The van der Waals surface area contributed by atoms with E-state index in [1.165, 1.54) is 49.6 Å². The van der Waals surface area contributed by atoms with Gasteiger partial charge in [-0.3, -0.25) is 9.10 Å². The number of halogens is 1. The summed E-state index contributed by atoms with van der Waals surface area (Å²) in [6.07, 6.45) is 0. The molecule has 1 amide bonds. The molecular weight excluding hydrogens is 511 g/mol. The Bertz CT molecular complexity index is 1450. The SMILES string of the molecule is COc1ccc(S(=O)(=O)N(CC(=O)Nc2ccc(CSc3ccccc3)cc2)c2ccccc2F)cc1. The van der Waals surface area contributed by atoms with E-state index in [2.05, 4.69) is 5.32 Å². The van der Waals surface area contributed by atoms with Crippen LogP contribution in [0.1, 0.15) is 5.56 Å². The lowest BCUT2D eigenvalue weighted by Gasteiger charge is -2.24. The van der Waals surface area contributed by atoms with Gasteiger partial charge in [-0.05, 0) is 66.2 Å². The first-order valence-corrected chi connectivity index (χ1v) is 13.8. The number of ether oxygens (including phenoxy) is 1. The molecule has 0 aliphatic carbocycles.